The summed E-state index contributed by atoms with van der Waals surface area (Å²) in [4.78, 5) is 15.0. The number of H-pyrrole nitrogens is 1. The number of benzene rings is 1. The van der Waals surface area contributed by atoms with Gasteiger partial charge in [0.05, 0.1) is 11.6 Å². The van der Waals surface area contributed by atoms with Crippen molar-refractivity contribution in [3.05, 3.63) is 46.0 Å². The molecule has 0 bridgehead atoms. The summed E-state index contributed by atoms with van der Waals surface area (Å²) in [5, 5.41) is 13.2. The minimum Gasteiger partial charge on any atom is -0.393 e. The Balaban J connectivity index is 1.75. The zero-order valence-electron chi connectivity index (χ0n) is 11.7. The Morgan fingerprint density at radius 1 is 1.29 bits per heavy atom. The Bertz CT molecular complexity index is 690. The van der Waals surface area contributed by atoms with Gasteiger partial charge in [0.15, 0.2) is 5.43 Å². The molecule has 0 aliphatic heterocycles. The SMILES string of the molecule is O=c1cc(CNC2CCC(O)CC2)[nH]c2c(F)cccc12. The summed E-state index contributed by atoms with van der Waals surface area (Å²) in [7, 11) is 0. The number of aliphatic hydroxyl groups excluding tert-OH is 1. The minimum absolute atomic E-state index is 0.167. The summed E-state index contributed by atoms with van der Waals surface area (Å²) in [6.45, 7) is 0.500. The summed E-state index contributed by atoms with van der Waals surface area (Å²) in [6.07, 6.45) is 3.28. The van der Waals surface area contributed by atoms with Gasteiger partial charge in [0.2, 0.25) is 0 Å². The van der Waals surface area contributed by atoms with Gasteiger partial charge in [0.25, 0.3) is 0 Å². The van der Waals surface area contributed by atoms with Crippen molar-refractivity contribution in [1.29, 1.82) is 0 Å². The molecule has 3 N–H and O–H groups in total. The van der Waals surface area contributed by atoms with E-state index in [4.69, 9.17) is 0 Å². The predicted molar refractivity (Wildman–Crippen MR) is 79.6 cm³/mol. The van der Waals surface area contributed by atoms with Gasteiger partial charge >= 0.3 is 0 Å². The van der Waals surface area contributed by atoms with Crippen molar-refractivity contribution in [3.63, 3.8) is 0 Å². The highest BCUT2D eigenvalue weighted by Crippen LogP contribution is 2.19. The lowest BCUT2D eigenvalue weighted by Gasteiger charge is -2.26. The second-order valence-corrected chi connectivity index (χ2v) is 5.71. The molecule has 0 saturated heterocycles. The van der Waals surface area contributed by atoms with Crippen molar-refractivity contribution in [2.24, 2.45) is 0 Å². The zero-order chi connectivity index (χ0) is 14.8. The van der Waals surface area contributed by atoms with Gasteiger partial charge in [0.1, 0.15) is 5.82 Å². The molecule has 1 saturated carbocycles. The van der Waals surface area contributed by atoms with E-state index in [9.17, 15) is 14.3 Å². The van der Waals surface area contributed by atoms with Crippen LogP contribution in [-0.2, 0) is 6.54 Å². The van der Waals surface area contributed by atoms with Crippen LogP contribution in [0.4, 0.5) is 4.39 Å². The molecule has 0 spiro atoms. The number of nitrogens with one attached hydrogen (secondary N) is 2. The number of hydrogen-bond donors (Lipinski definition) is 3. The maximum Gasteiger partial charge on any atom is 0.189 e. The molecular weight excluding hydrogens is 271 g/mol. The molecule has 112 valence electrons. The van der Waals surface area contributed by atoms with Gasteiger partial charge < -0.3 is 15.4 Å². The molecule has 1 aliphatic carbocycles. The van der Waals surface area contributed by atoms with Crippen LogP contribution in [0.25, 0.3) is 10.9 Å². The maximum atomic E-state index is 13.8. The van der Waals surface area contributed by atoms with Crippen molar-refractivity contribution in [2.75, 3.05) is 0 Å². The molecule has 5 heteroatoms. The van der Waals surface area contributed by atoms with Gasteiger partial charge in [-0.25, -0.2) is 4.39 Å². The average Bonchev–Trinajstić information content (AvgIpc) is 2.48. The molecular formula is C16H19FN2O2. The highest BCUT2D eigenvalue weighted by atomic mass is 19.1. The number of rotatable bonds is 3. The first-order chi connectivity index (χ1) is 10.1. The number of fused-ring (bicyclic) bond motifs is 1. The molecule has 21 heavy (non-hydrogen) atoms. The molecule has 0 atom stereocenters. The zero-order valence-corrected chi connectivity index (χ0v) is 11.7. The molecule has 0 radical (unpaired) electrons. The predicted octanol–water partition coefficient (Wildman–Crippen LogP) is 2.06. The minimum atomic E-state index is -0.410. The number of aromatic amines is 1. The van der Waals surface area contributed by atoms with E-state index in [0.29, 0.717) is 23.7 Å². The Hall–Kier alpha value is -1.72. The first kappa shape index (κ1) is 14.2. The third kappa shape index (κ3) is 3.14. The lowest BCUT2D eigenvalue weighted by atomic mass is 9.93. The van der Waals surface area contributed by atoms with Crippen LogP contribution in [0.5, 0.6) is 0 Å². The molecule has 1 aromatic carbocycles. The monoisotopic (exact) mass is 290 g/mol. The van der Waals surface area contributed by atoms with E-state index < -0.39 is 5.82 Å². The van der Waals surface area contributed by atoms with Gasteiger partial charge in [-0.05, 0) is 37.8 Å². The van der Waals surface area contributed by atoms with E-state index in [1.165, 1.54) is 18.2 Å². The van der Waals surface area contributed by atoms with Gasteiger partial charge in [-0.1, -0.05) is 6.07 Å². The van der Waals surface area contributed by atoms with Crippen molar-refractivity contribution in [1.82, 2.24) is 10.3 Å². The summed E-state index contributed by atoms with van der Waals surface area (Å²) >= 11 is 0. The third-order valence-corrected chi connectivity index (χ3v) is 4.15. The largest absolute Gasteiger partial charge is 0.393 e. The number of pyridine rings is 1. The van der Waals surface area contributed by atoms with Crippen LogP contribution in [0.3, 0.4) is 0 Å². The van der Waals surface area contributed by atoms with Crippen LogP contribution in [0, 0.1) is 5.82 Å². The summed E-state index contributed by atoms with van der Waals surface area (Å²) in [6, 6.07) is 6.37. The molecule has 3 rings (SSSR count). The quantitative estimate of drug-likeness (QED) is 0.810. The Morgan fingerprint density at radius 2 is 2.05 bits per heavy atom. The highest BCUT2D eigenvalue weighted by molar-refractivity contribution is 5.78. The van der Waals surface area contributed by atoms with Gasteiger partial charge in [0, 0.05) is 29.7 Å². The fourth-order valence-corrected chi connectivity index (χ4v) is 2.92. The number of hydrogen-bond acceptors (Lipinski definition) is 3. The second-order valence-electron chi connectivity index (χ2n) is 5.71. The van der Waals surface area contributed by atoms with Crippen molar-refractivity contribution < 1.29 is 9.50 Å². The van der Waals surface area contributed by atoms with E-state index in [-0.39, 0.29) is 17.0 Å². The smallest absolute Gasteiger partial charge is 0.189 e. The first-order valence-corrected chi connectivity index (χ1v) is 7.35. The molecule has 1 fully saturated rings. The Kier molecular flexibility index (Phi) is 4.03. The lowest BCUT2D eigenvalue weighted by Crippen LogP contribution is -2.34. The summed E-state index contributed by atoms with van der Waals surface area (Å²) < 4.78 is 13.8. The maximum absolute atomic E-state index is 13.8. The fourth-order valence-electron chi connectivity index (χ4n) is 2.92. The second kappa shape index (κ2) is 5.95. The standard InChI is InChI=1S/C16H19FN2O2/c17-14-3-1-2-13-15(21)8-11(19-16(13)14)9-18-10-4-6-12(20)7-5-10/h1-3,8,10,12,18,20H,4-7,9H2,(H,19,21). The number of halogens is 1. The Morgan fingerprint density at radius 3 is 2.81 bits per heavy atom. The van der Waals surface area contributed by atoms with E-state index >= 15 is 0 Å². The van der Waals surface area contributed by atoms with Gasteiger partial charge in [-0.15, -0.1) is 0 Å². The molecule has 0 amide bonds. The molecule has 1 aliphatic rings. The van der Waals surface area contributed by atoms with Gasteiger partial charge in [-0.2, -0.15) is 0 Å². The summed E-state index contributed by atoms with van der Waals surface area (Å²) in [5.74, 6) is -0.410. The van der Waals surface area contributed by atoms with Crippen molar-refractivity contribution in [2.45, 2.75) is 44.4 Å². The fraction of sp³-hybridized carbons (Fsp3) is 0.438. The topological polar surface area (TPSA) is 65.1 Å². The van der Waals surface area contributed by atoms with Crippen LogP contribution in [-0.4, -0.2) is 22.2 Å². The van der Waals surface area contributed by atoms with Crippen LogP contribution in [0.2, 0.25) is 0 Å². The van der Waals surface area contributed by atoms with Gasteiger partial charge in [-0.3, -0.25) is 4.79 Å². The number of aliphatic hydroxyl groups is 1. The normalized spacial score (nSPS) is 22.6. The van der Waals surface area contributed by atoms with E-state index in [1.54, 1.807) is 6.07 Å². The highest BCUT2D eigenvalue weighted by Gasteiger charge is 2.18. The number of aromatic nitrogens is 1. The average molecular weight is 290 g/mol. The van der Waals surface area contributed by atoms with Crippen LogP contribution < -0.4 is 10.7 Å². The molecule has 4 nitrogen and oxygen atoms in total. The van der Waals surface area contributed by atoms with E-state index in [1.807, 2.05) is 0 Å². The first-order valence-electron chi connectivity index (χ1n) is 7.35. The molecule has 1 aromatic heterocycles. The van der Waals surface area contributed by atoms with Crippen LogP contribution in [0.15, 0.2) is 29.1 Å². The van der Waals surface area contributed by atoms with E-state index in [2.05, 4.69) is 10.3 Å². The van der Waals surface area contributed by atoms with Crippen molar-refractivity contribution >= 4 is 10.9 Å². The Labute approximate surface area is 122 Å². The van der Waals surface area contributed by atoms with Crippen LogP contribution in [0.1, 0.15) is 31.4 Å². The summed E-state index contributed by atoms with van der Waals surface area (Å²) in [5.41, 5.74) is 0.781. The molecule has 1 heterocycles. The molecule has 0 unspecified atom stereocenters. The number of para-hydroxylation sites is 1. The van der Waals surface area contributed by atoms with E-state index in [0.717, 1.165) is 25.7 Å². The van der Waals surface area contributed by atoms with Crippen LogP contribution >= 0.6 is 0 Å². The third-order valence-electron chi connectivity index (χ3n) is 4.15. The lowest BCUT2D eigenvalue weighted by molar-refractivity contribution is 0.116. The van der Waals surface area contributed by atoms with Crippen molar-refractivity contribution in [3.8, 4) is 0 Å². The molecule has 2 aromatic rings.